The van der Waals surface area contributed by atoms with Gasteiger partial charge in [0.25, 0.3) is 0 Å². The Morgan fingerprint density at radius 1 is 1.54 bits per heavy atom. The third-order valence-corrected chi connectivity index (χ3v) is 1.91. The number of hydrogen-bond donors (Lipinski definition) is 2. The number of carbonyl (C=O) groups is 1. The molecule has 1 aromatic rings. The number of phenols is 1. The molecule has 0 heterocycles. The number of carboxylic acid groups (broad SMARTS) is 1. The number of benzene rings is 1. The maximum Gasteiger partial charge on any atom is 0.337 e. The molecule has 0 aliphatic heterocycles. The van der Waals surface area contributed by atoms with Crippen LogP contribution in [0, 0.1) is 0 Å². The lowest BCUT2D eigenvalue weighted by Gasteiger charge is -2.06. The van der Waals surface area contributed by atoms with Crippen LogP contribution < -0.4 is 4.74 Å². The highest BCUT2D eigenvalue weighted by Crippen LogP contribution is 2.35. The van der Waals surface area contributed by atoms with Crippen molar-refractivity contribution in [3.63, 3.8) is 0 Å². The lowest BCUT2D eigenvalue weighted by Crippen LogP contribution is -1.98. The van der Waals surface area contributed by atoms with Crippen molar-refractivity contribution in [1.82, 2.24) is 0 Å². The van der Waals surface area contributed by atoms with E-state index in [1.54, 1.807) is 0 Å². The summed E-state index contributed by atoms with van der Waals surface area (Å²) in [5.41, 5.74) is -0.153. The van der Waals surface area contributed by atoms with Gasteiger partial charge in [-0.3, -0.25) is 0 Å². The summed E-state index contributed by atoms with van der Waals surface area (Å²) < 4.78 is 4.73. The molecule has 0 aliphatic carbocycles. The molecular weight excluding hydrogens is 196 g/mol. The summed E-state index contributed by atoms with van der Waals surface area (Å²) in [6.07, 6.45) is 0. The minimum atomic E-state index is -1.19. The summed E-state index contributed by atoms with van der Waals surface area (Å²) in [5, 5.41) is 17.7. The summed E-state index contributed by atoms with van der Waals surface area (Å²) in [5.74, 6) is -1.40. The van der Waals surface area contributed by atoms with Gasteiger partial charge in [-0.1, -0.05) is 11.6 Å². The largest absolute Gasteiger partial charge is 0.503 e. The standard InChI is InChI=1S/C8H7ClO4/c1-13-5-3-2-4(8(11)12)6(9)7(5)10/h2-3,10H,1H3,(H,11,12). The van der Waals surface area contributed by atoms with Crippen LogP contribution in [0.1, 0.15) is 10.4 Å². The van der Waals surface area contributed by atoms with E-state index in [2.05, 4.69) is 0 Å². The van der Waals surface area contributed by atoms with Gasteiger partial charge in [-0.25, -0.2) is 4.79 Å². The molecule has 0 aromatic heterocycles. The van der Waals surface area contributed by atoms with Crippen LogP contribution in [-0.2, 0) is 0 Å². The summed E-state index contributed by atoms with van der Waals surface area (Å²) in [7, 11) is 1.35. The zero-order valence-corrected chi connectivity index (χ0v) is 7.50. The number of aromatic carboxylic acids is 1. The smallest absolute Gasteiger partial charge is 0.337 e. The molecular formula is C8H7ClO4. The predicted octanol–water partition coefficient (Wildman–Crippen LogP) is 1.75. The van der Waals surface area contributed by atoms with Gasteiger partial charge in [0, 0.05) is 0 Å². The van der Waals surface area contributed by atoms with E-state index in [1.165, 1.54) is 19.2 Å². The maximum absolute atomic E-state index is 10.5. The summed E-state index contributed by atoms with van der Waals surface area (Å²) in [6, 6.07) is 2.61. The van der Waals surface area contributed by atoms with Crippen LogP contribution in [0.2, 0.25) is 5.02 Å². The van der Waals surface area contributed by atoms with Crippen LogP contribution in [0.3, 0.4) is 0 Å². The number of phenolic OH excluding ortho intramolecular Hbond substituents is 1. The van der Waals surface area contributed by atoms with Crippen molar-refractivity contribution in [2.45, 2.75) is 0 Å². The number of carboxylic acids is 1. The predicted molar refractivity (Wildman–Crippen MR) is 46.6 cm³/mol. The highest BCUT2D eigenvalue weighted by Gasteiger charge is 2.15. The van der Waals surface area contributed by atoms with Gasteiger partial charge < -0.3 is 14.9 Å². The summed E-state index contributed by atoms with van der Waals surface area (Å²) in [4.78, 5) is 10.5. The van der Waals surface area contributed by atoms with E-state index in [0.717, 1.165) is 0 Å². The maximum atomic E-state index is 10.5. The topological polar surface area (TPSA) is 66.8 Å². The molecule has 13 heavy (non-hydrogen) atoms. The van der Waals surface area contributed by atoms with Crippen molar-refractivity contribution in [2.24, 2.45) is 0 Å². The Bertz CT molecular complexity index is 348. The zero-order chi connectivity index (χ0) is 10.0. The first kappa shape index (κ1) is 9.67. The number of ether oxygens (including phenoxy) is 1. The van der Waals surface area contributed by atoms with Crippen LogP contribution in [0.15, 0.2) is 12.1 Å². The van der Waals surface area contributed by atoms with E-state index >= 15 is 0 Å². The first-order valence-electron chi connectivity index (χ1n) is 3.36. The van der Waals surface area contributed by atoms with E-state index in [1.807, 2.05) is 0 Å². The van der Waals surface area contributed by atoms with E-state index in [4.69, 9.17) is 21.4 Å². The van der Waals surface area contributed by atoms with Gasteiger partial charge in [0.15, 0.2) is 11.5 Å². The number of hydrogen-bond acceptors (Lipinski definition) is 3. The monoisotopic (exact) mass is 202 g/mol. The van der Waals surface area contributed by atoms with Gasteiger partial charge in [0.2, 0.25) is 0 Å². The molecule has 0 spiro atoms. The molecule has 0 saturated carbocycles. The molecule has 0 amide bonds. The minimum Gasteiger partial charge on any atom is -0.503 e. The SMILES string of the molecule is COc1ccc(C(=O)O)c(Cl)c1O. The van der Waals surface area contributed by atoms with Crippen molar-refractivity contribution in [2.75, 3.05) is 7.11 Å². The van der Waals surface area contributed by atoms with Gasteiger partial charge in [0.1, 0.15) is 5.02 Å². The molecule has 0 bridgehead atoms. The average Bonchev–Trinajstić information content (AvgIpc) is 2.09. The Morgan fingerprint density at radius 3 is 2.62 bits per heavy atom. The van der Waals surface area contributed by atoms with Crippen molar-refractivity contribution in [1.29, 1.82) is 0 Å². The molecule has 0 saturated heterocycles. The lowest BCUT2D eigenvalue weighted by molar-refractivity contribution is 0.0696. The molecule has 1 aromatic carbocycles. The first-order chi connectivity index (χ1) is 6.07. The van der Waals surface area contributed by atoms with Crippen LogP contribution in [0.25, 0.3) is 0 Å². The zero-order valence-electron chi connectivity index (χ0n) is 6.74. The van der Waals surface area contributed by atoms with Crippen molar-refractivity contribution < 1.29 is 19.7 Å². The van der Waals surface area contributed by atoms with E-state index < -0.39 is 5.97 Å². The fraction of sp³-hybridized carbons (Fsp3) is 0.125. The average molecular weight is 203 g/mol. The third kappa shape index (κ3) is 1.67. The Morgan fingerprint density at radius 2 is 2.15 bits per heavy atom. The van der Waals surface area contributed by atoms with E-state index in [-0.39, 0.29) is 22.1 Å². The quantitative estimate of drug-likeness (QED) is 0.767. The van der Waals surface area contributed by atoms with Crippen molar-refractivity contribution in [3.05, 3.63) is 22.7 Å². The minimum absolute atomic E-state index is 0.148. The van der Waals surface area contributed by atoms with E-state index in [0.29, 0.717) is 0 Å². The van der Waals surface area contributed by atoms with Crippen LogP contribution in [-0.4, -0.2) is 23.3 Å². The molecule has 0 aliphatic rings. The van der Waals surface area contributed by atoms with Gasteiger partial charge in [-0.2, -0.15) is 0 Å². The Balaban J connectivity index is 3.31. The van der Waals surface area contributed by atoms with Crippen LogP contribution in [0.4, 0.5) is 0 Å². The molecule has 0 unspecified atom stereocenters. The number of halogens is 1. The fourth-order valence-electron chi connectivity index (χ4n) is 0.877. The van der Waals surface area contributed by atoms with E-state index in [9.17, 15) is 9.90 Å². The summed E-state index contributed by atoms with van der Waals surface area (Å²) in [6.45, 7) is 0. The third-order valence-electron chi connectivity index (χ3n) is 1.53. The Labute approximate surface area is 79.3 Å². The molecule has 4 nitrogen and oxygen atoms in total. The van der Waals surface area contributed by atoms with Gasteiger partial charge in [0.05, 0.1) is 12.7 Å². The molecule has 2 N–H and O–H groups in total. The Hall–Kier alpha value is -1.42. The number of methoxy groups -OCH3 is 1. The second kappa shape index (κ2) is 3.53. The van der Waals surface area contributed by atoms with Crippen molar-refractivity contribution >= 4 is 17.6 Å². The van der Waals surface area contributed by atoms with Crippen molar-refractivity contribution in [3.8, 4) is 11.5 Å². The van der Waals surface area contributed by atoms with Gasteiger partial charge in [-0.15, -0.1) is 0 Å². The molecule has 0 atom stereocenters. The molecule has 5 heteroatoms. The molecule has 0 radical (unpaired) electrons. The first-order valence-corrected chi connectivity index (χ1v) is 3.74. The highest BCUT2D eigenvalue weighted by molar-refractivity contribution is 6.35. The second-order valence-electron chi connectivity index (χ2n) is 2.28. The van der Waals surface area contributed by atoms with Crippen LogP contribution >= 0.6 is 11.6 Å². The van der Waals surface area contributed by atoms with Crippen LogP contribution in [0.5, 0.6) is 11.5 Å². The second-order valence-corrected chi connectivity index (χ2v) is 2.66. The number of rotatable bonds is 2. The lowest BCUT2D eigenvalue weighted by atomic mass is 10.2. The summed E-state index contributed by atoms with van der Waals surface area (Å²) >= 11 is 5.56. The molecule has 70 valence electrons. The normalized spacial score (nSPS) is 9.69. The molecule has 1 rings (SSSR count). The Kier molecular flexibility index (Phi) is 2.63. The fourth-order valence-corrected chi connectivity index (χ4v) is 1.11. The van der Waals surface area contributed by atoms with Gasteiger partial charge in [-0.05, 0) is 12.1 Å². The molecule has 0 fully saturated rings. The highest BCUT2D eigenvalue weighted by atomic mass is 35.5. The number of aromatic hydroxyl groups is 1. The van der Waals surface area contributed by atoms with Gasteiger partial charge >= 0.3 is 5.97 Å².